The summed E-state index contributed by atoms with van der Waals surface area (Å²) < 4.78 is 6.62. The fourth-order valence-corrected chi connectivity index (χ4v) is 8.02. The van der Waals surface area contributed by atoms with Crippen molar-refractivity contribution in [1.82, 2.24) is 15.2 Å². The molecule has 5 aromatic rings. The number of rotatable bonds is 9. The van der Waals surface area contributed by atoms with Crippen LogP contribution in [0, 0.1) is 13.8 Å². The maximum Gasteiger partial charge on any atom is 0.296 e. The maximum atomic E-state index is 14.0. The number of hydrogen-bond acceptors (Lipinski definition) is 10. The number of aromatic nitrogens is 3. The first-order chi connectivity index (χ1) is 21.2. The van der Waals surface area contributed by atoms with Crippen molar-refractivity contribution in [2.45, 2.75) is 30.0 Å². The average Bonchev–Trinajstić information content (AvgIpc) is 3.68. The lowest BCUT2D eigenvalue weighted by atomic mass is 9.95. The van der Waals surface area contributed by atoms with Gasteiger partial charge in [-0.1, -0.05) is 82.7 Å². The van der Waals surface area contributed by atoms with Crippen molar-refractivity contribution in [2.24, 2.45) is 0 Å². The van der Waals surface area contributed by atoms with Crippen molar-refractivity contribution in [3.05, 3.63) is 121 Å². The highest BCUT2D eigenvalue weighted by Gasteiger charge is 2.47. The van der Waals surface area contributed by atoms with E-state index in [-0.39, 0.29) is 10.7 Å². The first-order valence-electron chi connectivity index (χ1n) is 13.2. The first kappa shape index (κ1) is 30.3. The SMILES string of the molecule is Cc1nc(C)c(C(=O)C2=C(O)C(=O)N(c3nnc(SCc4ccc(Cl)cc4Cl)s3)C2c2cccc(Oc3ccccc3)c2)s1. The molecule has 1 N–H and O–H groups in total. The third kappa shape index (κ3) is 6.11. The van der Waals surface area contributed by atoms with Crippen molar-refractivity contribution >= 4 is 74.5 Å². The highest BCUT2D eigenvalue weighted by atomic mass is 35.5. The molecule has 6 rings (SSSR count). The summed E-state index contributed by atoms with van der Waals surface area (Å²) in [5, 5.41) is 21.8. The summed E-state index contributed by atoms with van der Waals surface area (Å²) in [6.45, 7) is 3.53. The van der Waals surface area contributed by atoms with Gasteiger partial charge in [0.1, 0.15) is 11.5 Å². The van der Waals surface area contributed by atoms with Gasteiger partial charge in [0.15, 0.2) is 10.1 Å². The molecular weight excluding hydrogens is 659 g/mol. The van der Waals surface area contributed by atoms with Crippen LogP contribution in [0.4, 0.5) is 5.13 Å². The van der Waals surface area contributed by atoms with Gasteiger partial charge < -0.3 is 9.84 Å². The molecule has 44 heavy (non-hydrogen) atoms. The van der Waals surface area contributed by atoms with Crippen molar-refractivity contribution in [3.8, 4) is 11.5 Å². The minimum atomic E-state index is -0.993. The van der Waals surface area contributed by atoms with Crippen LogP contribution in [-0.4, -0.2) is 32.0 Å². The Bertz CT molecular complexity index is 1930. The highest BCUT2D eigenvalue weighted by Crippen LogP contribution is 2.45. The van der Waals surface area contributed by atoms with Crippen LogP contribution in [0.3, 0.4) is 0 Å². The zero-order valence-corrected chi connectivity index (χ0v) is 27.1. The van der Waals surface area contributed by atoms with E-state index in [9.17, 15) is 14.7 Å². The van der Waals surface area contributed by atoms with Gasteiger partial charge in [0.05, 0.1) is 27.2 Å². The maximum absolute atomic E-state index is 14.0. The lowest BCUT2D eigenvalue weighted by Gasteiger charge is -2.24. The predicted octanol–water partition coefficient (Wildman–Crippen LogP) is 8.79. The third-order valence-electron chi connectivity index (χ3n) is 6.68. The van der Waals surface area contributed by atoms with Crippen LogP contribution in [0.15, 0.2) is 88.5 Å². The number of amides is 1. The van der Waals surface area contributed by atoms with Gasteiger partial charge in [-0.25, -0.2) is 4.98 Å². The highest BCUT2D eigenvalue weighted by molar-refractivity contribution is 8.00. The van der Waals surface area contributed by atoms with E-state index in [4.69, 9.17) is 27.9 Å². The van der Waals surface area contributed by atoms with E-state index in [2.05, 4.69) is 15.2 Å². The van der Waals surface area contributed by atoms with Gasteiger partial charge in [0.2, 0.25) is 10.9 Å². The van der Waals surface area contributed by atoms with Crippen molar-refractivity contribution in [3.63, 3.8) is 0 Å². The number of aliphatic hydroxyl groups excluding tert-OH is 1. The molecule has 0 radical (unpaired) electrons. The molecule has 1 aliphatic rings. The number of benzene rings is 3. The van der Waals surface area contributed by atoms with Crippen molar-refractivity contribution in [1.29, 1.82) is 0 Å². The molecule has 0 fully saturated rings. The molecule has 1 unspecified atom stereocenters. The van der Waals surface area contributed by atoms with E-state index in [1.807, 2.05) is 36.4 Å². The summed E-state index contributed by atoms with van der Waals surface area (Å²) in [5.41, 5.74) is 1.89. The van der Waals surface area contributed by atoms with Gasteiger partial charge in [0.25, 0.3) is 5.91 Å². The van der Waals surface area contributed by atoms with Gasteiger partial charge in [-0.2, -0.15) is 0 Å². The number of thioether (sulfide) groups is 1. The lowest BCUT2D eigenvalue weighted by Crippen LogP contribution is -2.31. The first-order valence-corrected chi connectivity index (χ1v) is 16.6. The summed E-state index contributed by atoms with van der Waals surface area (Å²) >= 11 is 16.1. The number of carbonyl (C=O) groups is 2. The zero-order chi connectivity index (χ0) is 31.0. The molecule has 3 heterocycles. The number of halogens is 2. The minimum absolute atomic E-state index is 0.0593. The predicted molar refractivity (Wildman–Crippen MR) is 175 cm³/mol. The fraction of sp³-hybridized carbons (Fsp3) is 0.129. The van der Waals surface area contributed by atoms with Crippen LogP contribution >= 0.6 is 57.6 Å². The van der Waals surface area contributed by atoms with Gasteiger partial charge in [-0.15, -0.1) is 21.5 Å². The Morgan fingerprint density at radius 1 is 1.00 bits per heavy atom. The molecule has 0 spiro atoms. The lowest BCUT2D eigenvalue weighted by molar-refractivity contribution is -0.117. The van der Waals surface area contributed by atoms with Crippen LogP contribution in [-0.2, 0) is 10.5 Å². The molecule has 0 aliphatic carbocycles. The van der Waals surface area contributed by atoms with Crippen LogP contribution in [0.25, 0.3) is 0 Å². The molecule has 222 valence electrons. The standard InChI is InChI=1S/C31H22Cl2N4O4S3/c1-16-28(43-17(2)34-16)26(38)24-25(18-7-6-10-22(13-18)41-21-8-4-3-5-9-21)37(29(40)27(24)39)30-35-36-31(44-30)42-15-19-11-12-20(32)14-23(19)33/h3-14,25,39H,15H2,1-2H3. The quantitative estimate of drug-likeness (QED) is 0.0935. The Hall–Kier alpha value is -3.74. The number of Topliss-reactive ketones (excluding diaryl/α,β-unsaturated/α-hetero) is 1. The second-order valence-corrected chi connectivity index (χ2v) is 13.9. The number of anilines is 1. The van der Waals surface area contributed by atoms with Crippen LogP contribution in [0.5, 0.6) is 11.5 Å². The smallest absolute Gasteiger partial charge is 0.296 e. The molecule has 1 aliphatic heterocycles. The van der Waals surface area contributed by atoms with Gasteiger partial charge in [0, 0.05) is 15.8 Å². The van der Waals surface area contributed by atoms with E-state index >= 15 is 0 Å². The fourth-order valence-electron chi connectivity index (χ4n) is 4.72. The van der Waals surface area contributed by atoms with E-state index in [0.29, 0.717) is 52.8 Å². The van der Waals surface area contributed by atoms with Crippen LogP contribution in [0.2, 0.25) is 10.0 Å². The number of hydrogen-bond donors (Lipinski definition) is 1. The van der Waals surface area contributed by atoms with Gasteiger partial charge >= 0.3 is 0 Å². The number of ether oxygens (including phenoxy) is 1. The van der Waals surface area contributed by atoms with Crippen molar-refractivity contribution in [2.75, 3.05) is 4.90 Å². The molecule has 8 nitrogen and oxygen atoms in total. The summed E-state index contributed by atoms with van der Waals surface area (Å²) in [5.74, 6) is -0.244. The number of thiazole rings is 1. The number of ketones is 1. The molecule has 2 aromatic heterocycles. The second-order valence-electron chi connectivity index (χ2n) is 9.68. The molecule has 0 saturated carbocycles. The Morgan fingerprint density at radius 3 is 2.50 bits per heavy atom. The van der Waals surface area contributed by atoms with E-state index in [0.717, 1.165) is 5.56 Å². The molecule has 0 bridgehead atoms. The monoisotopic (exact) mass is 680 g/mol. The minimum Gasteiger partial charge on any atom is -0.503 e. The Balaban J connectivity index is 1.37. The number of aryl methyl sites for hydroxylation is 2. The summed E-state index contributed by atoms with van der Waals surface area (Å²) in [6, 6.07) is 20.6. The molecule has 1 amide bonds. The molecule has 13 heteroatoms. The number of nitrogens with zero attached hydrogens (tertiary/aromatic N) is 4. The van der Waals surface area contributed by atoms with E-state index in [1.54, 1.807) is 50.2 Å². The summed E-state index contributed by atoms with van der Waals surface area (Å²) in [7, 11) is 0. The number of para-hydroxylation sites is 1. The Morgan fingerprint density at radius 2 is 1.77 bits per heavy atom. The van der Waals surface area contributed by atoms with Gasteiger partial charge in [-0.05, 0) is 61.4 Å². The van der Waals surface area contributed by atoms with Gasteiger partial charge in [-0.3, -0.25) is 14.5 Å². The molecular formula is C31H22Cl2N4O4S3. The summed E-state index contributed by atoms with van der Waals surface area (Å²) in [4.78, 5) is 33.7. The van der Waals surface area contributed by atoms with Crippen molar-refractivity contribution < 1.29 is 19.4 Å². The number of carbonyl (C=O) groups excluding carboxylic acids is 2. The topological polar surface area (TPSA) is 106 Å². The molecule has 3 aromatic carbocycles. The Labute approximate surface area is 275 Å². The second kappa shape index (κ2) is 12.7. The largest absolute Gasteiger partial charge is 0.503 e. The Kier molecular flexibility index (Phi) is 8.75. The van der Waals surface area contributed by atoms with Crippen LogP contribution in [0.1, 0.15) is 37.5 Å². The summed E-state index contributed by atoms with van der Waals surface area (Å²) in [6.07, 6.45) is 0. The number of aliphatic hydroxyl groups is 1. The van der Waals surface area contributed by atoms with E-state index < -0.39 is 23.5 Å². The third-order valence-corrected chi connectivity index (χ3v) is 10.4. The normalized spacial score (nSPS) is 14.9. The van der Waals surface area contributed by atoms with E-state index in [1.165, 1.54) is 39.3 Å². The van der Waals surface area contributed by atoms with Crippen LogP contribution < -0.4 is 9.64 Å². The average molecular weight is 682 g/mol. The zero-order valence-electron chi connectivity index (χ0n) is 23.2. The molecule has 1 atom stereocenters. The molecule has 0 saturated heterocycles.